The average molecular weight is 362 g/mol. The Morgan fingerprint density at radius 1 is 1.24 bits per heavy atom. The van der Waals surface area contributed by atoms with E-state index in [0.717, 1.165) is 12.8 Å². The number of carbonyl (C=O) groups excluding carboxylic acids is 3. The zero-order valence-electron chi connectivity index (χ0n) is 13.6. The van der Waals surface area contributed by atoms with Crippen molar-refractivity contribution in [3.63, 3.8) is 0 Å². The van der Waals surface area contributed by atoms with Crippen LogP contribution in [0.1, 0.15) is 23.3 Å². The standard InChI is InChI=1S/C16H18N4O4S/c21-13(10-1-2-10)19-7-16(8-19)12-5-18(3-4-20(12)15(23)24-16)14(22)11-6-25-9-17-11/h6,9-10,12H,1-5,7-8H2. The number of rotatable bonds is 2. The molecule has 1 atom stereocenters. The Bertz CT molecular complexity index is 741. The van der Waals surface area contributed by atoms with Gasteiger partial charge in [0.15, 0.2) is 5.60 Å². The predicted molar refractivity (Wildman–Crippen MR) is 87.0 cm³/mol. The van der Waals surface area contributed by atoms with Gasteiger partial charge < -0.3 is 14.5 Å². The number of nitrogens with zero attached hydrogens (tertiary/aromatic N) is 4. The van der Waals surface area contributed by atoms with Crippen molar-refractivity contribution in [3.8, 4) is 0 Å². The monoisotopic (exact) mass is 362 g/mol. The largest absolute Gasteiger partial charge is 0.437 e. The molecule has 3 saturated heterocycles. The lowest BCUT2D eigenvalue weighted by atomic mass is 9.84. The van der Waals surface area contributed by atoms with Gasteiger partial charge in [0.25, 0.3) is 5.91 Å². The summed E-state index contributed by atoms with van der Waals surface area (Å²) in [6.45, 7) is 2.23. The molecule has 0 bridgehead atoms. The number of carbonyl (C=O) groups is 3. The maximum atomic E-state index is 12.6. The molecule has 4 aliphatic rings. The Balaban J connectivity index is 1.32. The highest BCUT2D eigenvalue weighted by Crippen LogP contribution is 2.42. The van der Waals surface area contributed by atoms with E-state index >= 15 is 0 Å². The van der Waals surface area contributed by atoms with E-state index in [0.29, 0.717) is 38.4 Å². The lowest BCUT2D eigenvalue weighted by Crippen LogP contribution is -2.72. The molecule has 1 spiro atoms. The molecular formula is C16H18N4O4S. The summed E-state index contributed by atoms with van der Waals surface area (Å²) < 4.78 is 5.67. The molecule has 1 unspecified atom stereocenters. The molecule has 0 radical (unpaired) electrons. The first kappa shape index (κ1) is 15.1. The zero-order chi connectivity index (χ0) is 17.2. The molecule has 1 aromatic rings. The van der Waals surface area contributed by atoms with Crippen LogP contribution < -0.4 is 0 Å². The molecule has 1 aliphatic carbocycles. The van der Waals surface area contributed by atoms with E-state index < -0.39 is 5.60 Å². The zero-order valence-corrected chi connectivity index (χ0v) is 14.4. The minimum Gasteiger partial charge on any atom is -0.437 e. The minimum atomic E-state index is -0.664. The highest BCUT2D eigenvalue weighted by atomic mass is 32.1. The second kappa shape index (κ2) is 5.17. The fraction of sp³-hybridized carbons (Fsp3) is 0.625. The highest BCUT2D eigenvalue weighted by Gasteiger charge is 2.63. The SMILES string of the molecule is O=C(c1cscn1)N1CCN2C(=O)OC3(CN(C(=O)C4CC4)C3)C2C1. The van der Waals surface area contributed by atoms with Crippen molar-refractivity contribution in [2.45, 2.75) is 24.5 Å². The lowest BCUT2D eigenvalue weighted by molar-refractivity contribution is -0.156. The average Bonchev–Trinajstić information content (AvgIpc) is 3.21. The van der Waals surface area contributed by atoms with Crippen LogP contribution in [-0.2, 0) is 9.53 Å². The van der Waals surface area contributed by atoms with Crippen molar-refractivity contribution in [1.29, 1.82) is 0 Å². The van der Waals surface area contributed by atoms with Crippen LogP contribution in [-0.4, -0.2) is 82.0 Å². The molecular weight excluding hydrogens is 344 g/mol. The van der Waals surface area contributed by atoms with Crippen molar-refractivity contribution in [2.24, 2.45) is 5.92 Å². The van der Waals surface area contributed by atoms with Gasteiger partial charge in [-0.15, -0.1) is 11.3 Å². The third-order valence-electron chi connectivity index (χ3n) is 5.61. The number of hydrogen-bond donors (Lipinski definition) is 0. The van der Waals surface area contributed by atoms with Crippen LogP contribution in [0.4, 0.5) is 4.79 Å². The van der Waals surface area contributed by atoms with Gasteiger partial charge in [0.1, 0.15) is 5.69 Å². The number of hydrogen-bond acceptors (Lipinski definition) is 6. The molecule has 0 N–H and O–H groups in total. The number of amides is 3. The van der Waals surface area contributed by atoms with Crippen molar-refractivity contribution < 1.29 is 19.1 Å². The van der Waals surface area contributed by atoms with E-state index in [1.807, 2.05) is 0 Å². The Morgan fingerprint density at radius 2 is 2.04 bits per heavy atom. The highest BCUT2D eigenvalue weighted by molar-refractivity contribution is 7.07. The maximum Gasteiger partial charge on any atom is 0.411 e. The van der Waals surface area contributed by atoms with Gasteiger partial charge >= 0.3 is 6.09 Å². The van der Waals surface area contributed by atoms with Gasteiger partial charge in [-0.2, -0.15) is 0 Å². The van der Waals surface area contributed by atoms with E-state index in [4.69, 9.17) is 4.74 Å². The Kier molecular flexibility index (Phi) is 3.13. The van der Waals surface area contributed by atoms with Gasteiger partial charge in [-0.3, -0.25) is 14.5 Å². The molecule has 9 heteroatoms. The van der Waals surface area contributed by atoms with Gasteiger partial charge in [-0.05, 0) is 12.8 Å². The summed E-state index contributed by atoms with van der Waals surface area (Å²) in [6, 6.07) is -0.195. The van der Waals surface area contributed by atoms with Crippen LogP contribution in [0.3, 0.4) is 0 Å². The van der Waals surface area contributed by atoms with E-state index in [1.165, 1.54) is 11.3 Å². The summed E-state index contributed by atoms with van der Waals surface area (Å²) in [7, 11) is 0. The molecule has 25 heavy (non-hydrogen) atoms. The smallest absolute Gasteiger partial charge is 0.411 e. The maximum absolute atomic E-state index is 12.6. The molecule has 3 aliphatic heterocycles. The van der Waals surface area contributed by atoms with Gasteiger partial charge in [-0.25, -0.2) is 9.78 Å². The predicted octanol–water partition coefficient (Wildman–Crippen LogP) is 0.411. The molecule has 4 heterocycles. The topological polar surface area (TPSA) is 83.1 Å². The summed E-state index contributed by atoms with van der Waals surface area (Å²) in [6.07, 6.45) is 1.60. The van der Waals surface area contributed by atoms with Crippen LogP contribution in [0, 0.1) is 5.92 Å². The number of piperazine rings is 1. The number of fused-ring (bicyclic) bond motifs is 2. The Labute approximate surface area is 148 Å². The van der Waals surface area contributed by atoms with Crippen LogP contribution in [0.5, 0.6) is 0 Å². The summed E-state index contributed by atoms with van der Waals surface area (Å²) in [5.41, 5.74) is 1.42. The van der Waals surface area contributed by atoms with Crippen LogP contribution in [0.25, 0.3) is 0 Å². The van der Waals surface area contributed by atoms with Crippen molar-refractivity contribution in [3.05, 3.63) is 16.6 Å². The van der Waals surface area contributed by atoms with Crippen LogP contribution in [0.15, 0.2) is 10.9 Å². The number of ether oxygens (including phenoxy) is 1. The summed E-state index contributed by atoms with van der Waals surface area (Å²) in [4.78, 5) is 46.3. The summed E-state index contributed by atoms with van der Waals surface area (Å²) in [5, 5.41) is 1.74. The second-order valence-corrected chi connectivity index (χ2v) is 7.95. The van der Waals surface area contributed by atoms with E-state index in [1.54, 1.807) is 25.6 Å². The fourth-order valence-electron chi connectivity index (χ4n) is 4.04. The Hall–Kier alpha value is -2.16. The quantitative estimate of drug-likeness (QED) is 0.761. The molecule has 5 rings (SSSR count). The first-order valence-electron chi connectivity index (χ1n) is 8.53. The molecule has 1 aromatic heterocycles. The van der Waals surface area contributed by atoms with Crippen molar-refractivity contribution in [2.75, 3.05) is 32.7 Å². The van der Waals surface area contributed by atoms with Crippen LogP contribution >= 0.6 is 11.3 Å². The first-order chi connectivity index (χ1) is 12.1. The van der Waals surface area contributed by atoms with Gasteiger partial charge in [0.05, 0.1) is 24.6 Å². The van der Waals surface area contributed by atoms with Crippen LogP contribution in [0.2, 0.25) is 0 Å². The van der Waals surface area contributed by atoms with Gasteiger partial charge in [0, 0.05) is 30.9 Å². The normalized spacial score (nSPS) is 27.1. The Morgan fingerprint density at radius 3 is 2.72 bits per heavy atom. The van der Waals surface area contributed by atoms with Gasteiger partial charge in [0.2, 0.25) is 5.91 Å². The molecule has 4 fully saturated rings. The van der Waals surface area contributed by atoms with E-state index in [2.05, 4.69) is 4.98 Å². The third-order valence-corrected chi connectivity index (χ3v) is 6.19. The van der Waals surface area contributed by atoms with Gasteiger partial charge in [-0.1, -0.05) is 0 Å². The second-order valence-electron chi connectivity index (χ2n) is 7.24. The van der Waals surface area contributed by atoms with Crippen molar-refractivity contribution in [1.82, 2.24) is 19.7 Å². The molecule has 0 aromatic carbocycles. The summed E-state index contributed by atoms with van der Waals surface area (Å²) >= 11 is 1.39. The number of aromatic nitrogens is 1. The molecule has 132 valence electrons. The van der Waals surface area contributed by atoms with E-state index in [9.17, 15) is 14.4 Å². The fourth-order valence-corrected chi connectivity index (χ4v) is 4.56. The van der Waals surface area contributed by atoms with Crippen molar-refractivity contribution >= 4 is 29.2 Å². The molecule has 3 amide bonds. The van der Waals surface area contributed by atoms with E-state index in [-0.39, 0.29) is 29.9 Å². The summed E-state index contributed by atoms with van der Waals surface area (Å²) in [5.74, 6) is 0.228. The number of likely N-dealkylation sites (tertiary alicyclic amines) is 1. The first-order valence-corrected chi connectivity index (χ1v) is 9.47. The lowest BCUT2D eigenvalue weighted by Gasteiger charge is -2.51. The number of thiazole rings is 1. The minimum absolute atomic E-state index is 0.111. The third kappa shape index (κ3) is 2.25. The molecule has 1 saturated carbocycles. The molecule has 8 nitrogen and oxygen atoms in total.